The van der Waals surface area contributed by atoms with Gasteiger partial charge in [0.2, 0.25) is 5.91 Å². The molecule has 0 spiro atoms. The van der Waals surface area contributed by atoms with E-state index in [1.54, 1.807) is 0 Å². The number of unbranched alkanes of at least 4 members (excludes halogenated alkanes) is 1. The van der Waals surface area contributed by atoms with Crippen LogP contribution < -0.4 is 5.32 Å². The van der Waals surface area contributed by atoms with E-state index in [0.29, 0.717) is 0 Å². The molecule has 1 N–H and O–H groups in total. The third-order valence-corrected chi connectivity index (χ3v) is 5.51. The monoisotopic (exact) mass is 375 g/mol. The van der Waals surface area contributed by atoms with Crippen LogP contribution in [0.25, 0.3) is 0 Å². The van der Waals surface area contributed by atoms with Crippen LogP contribution >= 0.6 is 11.8 Å². The third-order valence-electron chi connectivity index (χ3n) is 4.42. The lowest BCUT2D eigenvalue weighted by atomic mass is 9.90. The molecule has 0 saturated heterocycles. The molecule has 0 heterocycles. The maximum Gasteiger partial charge on any atom is 0.236 e. The molecule has 3 aromatic carbocycles. The molecule has 0 saturated carbocycles. The quantitative estimate of drug-likeness (QED) is 0.367. The van der Waals surface area contributed by atoms with E-state index in [1.807, 2.05) is 84.6 Å². The van der Waals surface area contributed by atoms with Gasteiger partial charge in [-0.1, -0.05) is 74.0 Å². The number of hydrogen-bond donors (Lipinski definition) is 1. The number of hydrogen-bond acceptors (Lipinski definition) is 2. The molecule has 0 bridgehead atoms. The third kappa shape index (κ3) is 5.48. The summed E-state index contributed by atoms with van der Waals surface area (Å²) in [5.74, 6) is 0.788. The van der Waals surface area contributed by atoms with Gasteiger partial charge >= 0.3 is 0 Å². The maximum atomic E-state index is 13.1. The van der Waals surface area contributed by atoms with Crippen molar-refractivity contribution >= 4 is 23.4 Å². The van der Waals surface area contributed by atoms with E-state index in [-0.39, 0.29) is 11.8 Å². The number of anilines is 1. The minimum absolute atomic E-state index is 0.0150. The molecule has 138 valence electrons. The Hall–Kier alpha value is -2.52. The largest absolute Gasteiger partial charge is 0.325 e. The first-order valence-corrected chi connectivity index (χ1v) is 10.4. The zero-order chi connectivity index (χ0) is 18.9. The van der Waals surface area contributed by atoms with Crippen molar-refractivity contribution < 1.29 is 4.79 Å². The molecule has 0 atom stereocenters. The van der Waals surface area contributed by atoms with E-state index < -0.39 is 0 Å². The van der Waals surface area contributed by atoms with E-state index in [9.17, 15) is 4.79 Å². The second kappa shape index (κ2) is 9.98. The van der Waals surface area contributed by atoms with Gasteiger partial charge in [0, 0.05) is 10.6 Å². The summed E-state index contributed by atoms with van der Waals surface area (Å²) in [6.45, 7) is 2.20. The fraction of sp³-hybridized carbons (Fsp3) is 0.208. The second-order valence-electron chi connectivity index (χ2n) is 6.47. The van der Waals surface area contributed by atoms with Crippen molar-refractivity contribution in [3.8, 4) is 0 Å². The lowest BCUT2D eigenvalue weighted by Crippen LogP contribution is -2.22. The second-order valence-corrected chi connectivity index (χ2v) is 7.64. The predicted molar refractivity (Wildman–Crippen MR) is 115 cm³/mol. The molecule has 3 rings (SSSR count). The van der Waals surface area contributed by atoms with Crippen molar-refractivity contribution in [3.05, 3.63) is 96.1 Å². The van der Waals surface area contributed by atoms with Gasteiger partial charge in [0.05, 0.1) is 5.92 Å². The molecular weight excluding hydrogens is 350 g/mol. The normalized spacial score (nSPS) is 10.7. The summed E-state index contributed by atoms with van der Waals surface area (Å²) >= 11 is 1.86. The van der Waals surface area contributed by atoms with Crippen molar-refractivity contribution in [2.75, 3.05) is 11.1 Å². The lowest BCUT2D eigenvalue weighted by Gasteiger charge is -2.18. The van der Waals surface area contributed by atoms with Gasteiger partial charge in [-0.25, -0.2) is 0 Å². The summed E-state index contributed by atoms with van der Waals surface area (Å²) in [6, 6.07) is 28.0. The van der Waals surface area contributed by atoms with Crippen LogP contribution in [0.3, 0.4) is 0 Å². The van der Waals surface area contributed by atoms with Crippen LogP contribution in [0, 0.1) is 0 Å². The van der Waals surface area contributed by atoms with Crippen LogP contribution in [0.5, 0.6) is 0 Å². The fourth-order valence-electron chi connectivity index (χ4n) is 2.97. The highest BCUT2D eigenvalue weighted by Gasteiger charge is 2.22. The van der Waals surface area contributed by atoms with E-state index in [0.717, 1.165) is 22.6 Å². The Bertz CT molecular complexity index is 792. The highest BCUT2D eigenvalue weighted by atomic mass is 32.2. The summed E-state index contributed by atoms with van der Waals surface area (Å²) in [7, 11) is 0. The molecule has 0 unspecified atom stereocenters. The van der Waals surface area contributed by atoms with Gasteiger partial charge < -0.3 is 5.32 Å². The zero-order valence-electron chi connectivity index (χ0n) is 15.6. The fourth-order valence-corrected chi connectivity index (χ4v) is 3.97. The predicted octanol–water partition coefficient (Wildman–Crippen LogP) is 6.35. The van der Waals surface area contributed by atoms with E-state index in [4.69, 9.17) is 0 Å². The van der Waals surface area contributed by atoms with Crippen LogP contribution in [0.15, 0.2) is 89.8 Å². The van der Waals surface area contributed by atoms with Gasteiger partial charge in [-0.2, -0.15) is 0 Å². The lowest BCUT2D eigenvalue weighted by molar-refractivity contribution is -0.116. The average molecular weight is 376 g/mol. The highest BCUT2D eigenvalue weighted by molar-refractivity contribution is 7.99. The van der Waals surface area contributed by atoms with Crippen LogP contribution in [-0.2, 0) is 4.79 Å². The molecule has 2 nitrogen and oxygen atoms in total. The minimum Gasteiger partial charge on any atom is -0.325 e. The van der Waals surface area contributed by atoms with Crippen molar-refractivity contribution in [2.45, 2.75) is 30.6 Å². The molecule has 0 aliphatic heterocycles. The number of nitrogens with one attached hydrogen (secondary N) is 1. The van der Waals surface area contributed by atoms with E-state index >= 15 is 0 Å². The molecule has 0 radical (unpaired) electrons. The van der Waals surface area contributed by atoms with E-state index in [1.165, 1.54) is 17.7 Å². The number of carbonyl (C=O) groups excluding carboxylic acids is 1. The Kier molecular flexibility index (Phi) is 7.11. The molecule has 0 aliphatic carbocycles. The number of rotatable bonds is 8. The number of benzene rings is 3. The van der Waals surface area contributed by atoms with Crippen molar-refractivity contribution in [3.63, 3.8) is 0 Å². The Morgan fingerprint density at radius 2 is 1.41 bits per heavy atom. The molecule has 3 aromatic rings. The smallest absolute Gasteiger partial charge is 0.236 e. The van der Waals surface area contributed by atoms with Crippen LogP contribution in [0.1, 0.15) is 36.8 Å². The molecule has 0 aliphatic rings. The summed E-state index contributed by atoms with van der Waals surface area (Å²) in [4.78, 5) is 14.3. The van der Waals surface area contributed by atoms with Gasteiger partial charge in [0.1, 0.15) is 0 Å². The first-order chi connectivity index (χ1) is 13.3. The molecule has 27 heavy (non-hydrogen) atoms. The Labute approximate surface area is 166 Å². The topological polar surface area (TPSA) is 29.1 Å². The summed E-state index contributed by atoms with van der Waals surface area (Å²) in [5.41, 5.74) is 2.82. The van der Waals surface area contributed by atoms with Crippen molar-refractivity contribution in [1.82, 2.24) is 0 Å². The van der Waals surface area contributed by atoms with E-state index in [2.05, 4.69) is 24.4 Å². The van der Waals surface area contributed by atoms with Gasteiger partial charge in [-0.3, -0.25) is 4.79 Å². The summed E-state index contributed by atoms with van der Waals surface area (Å²) in [6.07, 6.45) is 2.43. The first kappa shape index (κ1) is 19.2. The Morgan fingerprint density at radius 3 is 1.93 bits per heavy atom. The zero-order valence-corrected chi connectivity index (χ0v) is 16.4. The van der Waals surface area contributed by atoms with Gasteiger partial charge in [-0.05, 0) is 47.6 Å². The average Bonchev–Trinajstić information content (AvgIpc) is 2.71. The maximum absolute atomic E-state index is 13.1. The Balaban J connectivity index is 1.75. The minimum atomic E-state index is -0.328. The van der Waals surface area contributed by atoms with Gasteiger partial charge in [0.25, 0.3) is 0 Å². The molecule has 1 amide bonds. The standard InChI is InChI=1S/C24H25NOS/c1-2-3-18-27-22-16-14-21(15-17-22)25-24(26)23(19-10-6-4-7-11-19)20-12-8-5-9-13-20/h4-17,23H,2-3,18H2,1H3,(H,25,26). The number of amides is 1. The van der Waals surface area contributed by atoms with Gasteiger partial charge in [-0.15, -0.1) is 11.8 Å². The van der Waals surface area contributed by atoms with Crippen LogP contribution in [-0.4, -0.2) is 11.7 Å². The SMILES string of the molecule is CCCCSc1ccc(NC(=O)C(c2ccccc2)c2ccccc2)cc1. The van der Waals surface area contributed by atoms with Gasteiger partial charge in [0.15, 0.2) is 0 Å². The Morgan fingerprint density at radius 1 is 0.852 bits per heavy atom. The molecular formula is C24H25NOS. The molecule has 0 aromatic heterocycles. The first-order valence-electron chi connectivity index (χ1n) is 9.41. The van der Waals surface area contributed by atoms with Crippen LogP contribution in [0.2, 0.25) is 0 Å². The van der Waals surface area contributed by atoms with Crippen molar-refractivity contribution in [1.29, 1.82) is 0 Å². The highest BCUT2D eigenvalue weighted by Crippen LogP contribution is 2.27. The van der Waals surface area contributed by atoms with Crippen LogP contribution in [0.4, 0.5) is 5.69 Å². The molecule has 0 fully saturated rings. The molecule has 3 heteroatoms. The number of carbonyl (C=O) groups is 1. The number of thioether (sulfide) groups is 1. The summed E-state index contributed by atoms with van der Waals surface area (Å²) < 4.78 is 0. The summed E-state index contributed by atoms with van der Waals surface area (Å²) in [5, 5.41) is 3.09. The van der Waals surface area contributed by atoms with Crippen molar-refractivity contribution in [2.24, 2.45) is 0 Å².